The molecule has 1 aliphatic rings. The highest BCUT2D eigenvalue weighted by atomic mass is 79.9. The molecule has 0 aromatic heterocycles. The van der Waals surface area contributed by atoms with E-state index in [-0.39, 0.29) is 17.9 Å². The van der Waals surface area contributed by atoms with E-state index in [9.17, 15) is 4.79 Å². The topological polar surface area (TPSA) is 55.1 Å². The Bertz CT molecular complexity index is 437. The van der Waals surface area contributed by atoms with Crippen LogP contribution in [0.15, 0.2) is 27.1 Å². The predicted molar refractivity (Wildman–Crippen MR) is 75.8 cm³/mol. The van der Waals surface area contributed by atoms with Gasteiger partial charge in [-0.2, -0.15) is 0 Å². The van der Waals surface area contributed by atoms with Gasteiger partial charge in [0.05, 0.1) is 5.69 Å². The molecule has 1 aromatic rings. The third-order valence-corrected chi connectivity index (χ3v) is 4.18. The zero-order chi connectivity index (χ0) is 12.4. The second-order valence-corrected chi connectivity index (χ2v) is 6.15. The molecule has 1 fully saturated rings. The van der Waals surface area contributed by atoms with Gasteiger partial charge in [0.15, 0.2) is 0 Å². The van der Waals surface area contributed by atoms with E-state index in [2.05, 4.69) is 37.2 Å². The van der Waals surface area contributed by atoms with Crippen molar-refractivity contribution in [3.8, 4) is 0 Å². The number of halogens is 2. The molecule has 1 aromatic carbocycles. The minimum atomic E-state index is 0.0561. The first-order valence-corrected chi connectivity index (χ1v) is 7.16. The molecular weight excluding hydrogens is 348 g/mol. The first-order chi connectivity index (χ1) is 8.06. The van der Waals surface area contributed by atoms with Crippen LogP contribution in [0.25, 0.3) is 0 Å². The Morgan fingerprint density at radius 2 is 2.12 bits per heavy atom. The van der Waals surface area contributed by atoms with Crippen molar-refractivity contribution >= 4 is 43.5 Å². The maximum atomic E-state index is 12.0. The number of anilines is 1. The predicted octanol–water partition coefficient (Wildman–Crippen LogP) is 3.28. The van der Waals surface area contributed by atoms with Gasteiger partial charge < -0.3 is 11.1 Å². The summed E-state index contributed by atoms with van der Waals surface area (Å²) in [5, 5.41) is 2.94. The molecule has 0 radical (unpaired) electrons. The summed E-state index contributed by atoms with van der Waals surface area (Å²) in [6, 6.07) is 5.87. The third-order valence-electron chi connectivity index (χ3n) is 3.03. The smallest absolute Gasteiger partial charge is 0.227 e. The standard InChI is InChI=1S/C12H14Br2N2O/c13-8-2-4-11(10(14)6-8)16-12(17)7-1-3-9(15)5-7/h2,4,6-7,9H,1,3,5,15H2,(H,16,17). The number of hydrogen-bond acceptors (Lipinski definition) is 2. The molecule has 2 atom stereocenters. The van der Waals surface area contributed by atoms with Crippen molar-refractivity contribution in [2.24, 2.45) is 11.7 Å². The van der Waals surface area contributed by atoms with E-state index in [1.165, 1.54) is 0 Å². The SMILES string of the molecule is NC1CCC(C(=O)Nc2ccc(Br)cc2Br)C1. The fourth-order valence-electron chi connectivity index (χ4n) is 2.08. The number of carbonyl (C=O) groups excluding carboxylic acids is 1. The van der Waals surface area contributed by atoms with Gasteiger partial charge in [-0.15, -0.1) is 0 Å². The largest absolute Gasteiger partial charge is 0.328 e. The summed E-state index contributed by atoms with van der Waals surface area (Å²) >= 11 is 6.80. The fraction of sp³-hybridized carbons (Fsp3) is 0.417. The Kier molecular flexibility index (Phi) is 4.22. The average Bonchev–Trinajstić information content (AvgIpc) is 2.69. The van der Waals surface area contributed by atoms with Gasteiger partial charge in [-0.3, -0.25) is 4.79 Å². The van der Waals surface area contributed by atoms with Crippen molar-refractivity contribution in [2.75, 3.05) is 5.32 Å². The number of benzene rings is 1. The molecule has 3 nitrogen and oxygen atoms in total. The van der Waals surface area contributed by atoms with E-state index < -0.39 is 0 Å². The maximum absolute atomic E-state index is 12.0. The van der Waals surface area contributed by atoms with Gasteiger partial charge in [0.2, 0.25) is 5.91 Å². The van der Waals surface area contributed by atoms with Crippen LogP contribution in [-0.2, 0) is 4.79 Å². The van der Waals surface area contributed by atoms with Crippen LogP contribution in [0.3, 0.4) is 0 Å². The molecule has 0 spiro atoms. The molecule has 0 bridgehead atoms. The van der Waals surface area contributed by atoms with Crippen LogP contribution in [0.1, 0.15) is 19.3 Å². The minimum Gasteiger partial charge on any atom is -0.328 e. The van der Waals surface area contributed by atoms with E-state index in [0.29, 0.717) is 0 Å². The van der Waals surface area contributed by atoms with Gasteiger partial charge in [0.1, 0.15) is 0 Å². The molecule has 0 saturated heterocycles. The molecular formula is C12H14Br2N2O. The molecule has 0 aliphatic heterocycles. The van der Waals surface area contributed by atoms with Gasteiger partial charge in [-0.05, 0) is 53.4 Å². The minimum absolute atomic E-state index is 0.0561. The first-order valence-electron chi connectivity index (χ1n) is 5.58. The van der Waals surface area contributed by atoms with Gasteiger partial charge in [0.25, 0.3) is 0 Å². The molecule has 17 heavy (non-hydrogen) atoms. The second kappa shape index (κ2) is 5.50. The van der Waals surface area contributed by atoms with E-state index in [1.807, 2.05) is 18.2 Å². The van der Waals surface area contributed by atoms with Crippen molar-refractivity contribution in [1.82, 2.24) is 0 Å². The number of nitrogens with one attached hydrogen (secondary N) is 1. The molecule has 1 aliphatic carbocycles. The molecule has 1 saturated carbocycles. The molecule has 0 heterocycles. The van der Waals surface area contributed by atoms with Gasteiger partial charge >= 0.3 is 0 Å². The molecule has 5 heteroatoms. The van der Waals surface area contributed by atoms with Crippen LogP contribution in [0.5, 0.6) is 0 Å². The zero-order valence-electron chi connectivity index (χ0n) is 9.25. The summed E-state index contributed by atoms with van der Waals surface area (Å²) in [6.45, 7) is 0. The molecule has 3 N–H and O–H groups in total. The van der Waals surface area contributed by atoms with Crippen molar-refractivity contribution in [1.29, 1.82) is 0 Å². The normalized spacial score (nSPS) is 23.7. The van der Waals surface area contributed by atoms with Crippen molar-refractivity contribution < 1.29 is 4.79 Å². The highest BCUT2D eigenvalue weighted by molar-refractivity contribution is 9.11. The van der Waals surface area contributed by atoms with Gasteiger partial charge in [0, 0.05) is 20.9 Å². The molecule has 2 unspecified atom stereocenters. The van der Waals surface area contributed by atoms with Crippen LogP contribution in [0, 0.1) is 5.92 Å². The van der Waals surface area contributed by atoms with E-state index in [0.717, 1.165) is 33.9 Å². The third kappa shape index (κ3) is 3.30. The number of nitrogens with two attached hydrogens (primary N) is 1. The highest BCUT2D eigenvalue weighted by Crippen LogP contribution is 2.29. The van der Waals surface area contributed by atoms with Crippen molar-refractivity contribution in [2.45, 2.75) is 25.3 Å². The summed E-state index contributed by atoms with van der Waals surface area (Å²) in [7, 11) is 0. The Labute approximate surface area is 117 Å². The summed E-state index contributed by atoms with van der Waals surface area (Å²) < 4.78 is 1.85. The second-order valence-electron chi connectivity index (χ2n) is 4.38. The molecule has 1 amide bonds. The number of carbonyl (C=O) groups is 1. The van der Waals surface area contributed by atoms with Gasteiger partial charge in [-0.25, -0.2) is 0 Å². The Hall–Kier alpha value is -0.390. The lowest BCUT2D eigenvalue weighted by atomic mass is 10.1. The Balaban J connectivity index is 2.03. The number of rotatable bonds is 2. The van der Waals surface area contributed by atoms with Crippen LogP contribution in [0.4, 0.5) is 5.69 Å². The monoisotopic (exact) mass is 360 g/mol. The van der Waals surface area contributed by atoms with Gasteiger partial charge in [-0.1, -0.05) is 15.9 Å². The first kappa shape index (κ1) is 13.1. The zero-order valence-corrected chi connectivity index (χ0v) is 12.4. The van der Waals surface area contributed by atoms with Crippen LogP contribution >= 0.6 is 31.9 Å². The van der Waals surface area contributed by atoms with Crippen LogP contribution in [0.2, 0.25) is 0 Å². The van der Waals surface area contributed by atoms with E-state index in [4.69, 9.17) is 5.73 Å². The summed E-state index contributed by atoms with van der Waals surface area (Å²) in [4.78, 5) is 12.0. The van der Waals surface area contributed by atoms with Crippen molar-refractivity contribution in [3.63, 3.8) is 0 Å². The average molecular weight is 362 g/mol. The summed E-state index contributed by atoms with van der Waals surface area (Å²) in [5.74, 6) is 0.126. The lowest BCUT2D eigenvalue weighted by Gasteiger charge is -2.12. The maximum Gasteiger partial charge on any atom is 0.227 e. The molecule has 92 valence electrons. The highest BCUT2D eigenvalue weighted by Gasteiger charge is 2.27. The Morgan fingerprint density at radius 1 is 1.35 bits per heavy atom. The lowest BCUT2D eigenvalue weighted by Crippen LogP contribution is -2.23. The summed E-state index contributed by atoms with van der Waals surface area (Å²) in [6.07, 6.45) is 2.63. The fourth-order valence-corrected chi connectivity index (χ4v) is 3.23. The number of amides is 1. The quantitative estimate of drug-likeness (QED) is 0.849. The van der Waals surface area contributed by atoms with Crippen LogP contribution < -0.4 is 11.1 Å². The lowest BCUT2D eigenvalue weighted by molar-refractivity contribution is -0.119. The van der Waals surface area contributed by atoms with E-state index >= 15 is 0 Å². The van der Waals surface area contributed by atoms with E-state index in [1.54, 1.807) is 0 Å². The number of hydrogen-bond donors (Lipinski definition) is 2. The molecule has 2 rings (SSSR count). The van der Waals surface area contributed by atoms with Crippen molar-refractivity contribution in [3.05, 3.63) is 27.1 Å². The summed E-state index contributed by atoms with van der Waals surface area (Å²) in [5.41, 5.74) is 6.61. The van der Waals surface area contributed by atoms with Crippen LogP contribution in [-0.4, -0.2) is 11.9 Å². The Morgan fingerprint density at radius 3 is 2.71 bits per heavy atom.